The zero-order valence-electron chi connectivity index (χ0n) is 20.3. The van der Waals surface area contributed by atoms with Crippen molar-refractivity contribution < 1.29 is 23.5 Å². The highest BCUT2D eigenvalue weighted by molar-refractivity contribution is 6.02. The van der Waals surface area contributed by atoms with E-state index in [-0.39, 0.29) is 30.6 Å². The van der Waals surface area contributed by atoms with Gasteiger partial charge in [-0.1, -0.05) is 54.1 Å². The van der Waals surface area contributed by atoms with Gasteiger partial charge in [-0.05, 0) is 36.2 Å². The molecular weight excluding hydrogens is 461 g/mol. The number of ether oxygens (including phenoxy) is 1. The van der Waals surface area contributed by atoms with Crippen LogP contribution in [0.4, 0.5) is 9.18 Å². The number of aryl methyl sites for hydroxylation is 1. The molecule has 0 radical (unpaired) electrons. The van der Waals surface area contributed by atoms with E-state index < -0.39 is 18.1 Å². The second kappa shape index (κ2) is 11.1. The zero-order valence-corrected chi connectivity index (χ0v) is 20.3. The molecule has 8 heteroatoms. The Bertz CT molecular complexity index is 1240. The number of hydrogen-bond donors (Lipinski definition) is 0. The Kier molecular flexibility index (Phi) is 7.73. The maximum Gasteiger partial charge on any atom is 0.410 e. The zero-order chi connectivity index (χ0) is 25.7. The average molecular weight is 490 g/mol. The van der Waals surface area contributed by atoms with Crippen LogP contribution in [0, 0.1) is 18.8 Å². The van der Waals surface area contributed by atoms with E-state index >= 15 is 0 Å². The van der Waals surface area contributed by atoms with Crippen LogP contribution in [0.1, 0.15) is 39.5 Å². The minimum Gasteiger partial charge on any atom is -0.445 e. The van der Waals surface area contributed by atoms with E-state index in [1.165, 1.54) is 17.2 Å². The van der Waals surface area contributed by atoms with Gasteiger partial charge < -0.3 is 14.5 Å². The number of pyridine rings is 1. The average Bonchev–Trinajstić information content (AvgIpc) is 2.85. The minimum atomic E-state index is -0.996. The topological polar surface area (TPSA) is 79.8 Å². The number of benzene rings is 2. The Balaban J connectivity index is 1.38. The molecule has 7 nitrogen and oxygen atoms in total. The van der Waals surface area contributed by atoms with Crippen molar-refractivity contribution in [2.24, 2.45) is 5.92 Å². The highest BCUT2D eigenvalue weighted by Gasteiger charge is 2.36. The maximum atomic E-state index is 13.9. The molecule has 1 aliphatic heterocycles. The Morgan fingerprint density at radius 1 is 1.08 bits per heavy atom. The highest BCUT2D eigenvalue weighted by Crippen LogP contribution is 2.28. The van der Waals surface area contributed by atoms with Crippen LogP contribution in [0.5, 0.6) is 0 Å². The van der Waals surface area contributed by atoms with Crippen LogP contribution >= 0.6 is 0 Å². The third kappa shape index (κ3) is 5.94. The van der Waals surface area contributed by atoms with Gasteiger partial charge in [-0.15, -0.1) is 0 Å². The van der Waals surface area contributed by atoms with Gasteiger partial charge in [0, 0.05) is 44.2 Å². The third-order valence-electron chi connectivity index (χ3n) is 6.28. The van der Waals surface area contributed by atoms with Gasteiger partial charge in [0.05, 0.1) is 0 Å². The predicted octanol–water partition coefficient (Wildman–Crippen LogP) is 4.57. The fraction of sp³-hybridized carbons (Fsp3) is 0.286. The summed E-state index contributed by atoms with van der Waals surface area (Å²) in [4.78, 5) is 45.4. The summed E-state index contributed by atoms with van der Waals surface area (Å²) in [5.74, 6) is -1.34. The molecule has 0 spiro atoms. The van der Waals surface area contributed by atoms with E-state index in [0.717, 1.165) is 11.1 Å². The van der Waals surface area contributed by atoms with Crippen molar-refractivity contribution in [3.05, 3.63) is 101 Å². The van der Waals surface area contributed by atoms with Gasteiger partial charge in [0.2, 0.25) is 11.9 Å². The lowest BCUT2D eigenvalue weighted by atomic mass is 9.93. The molecule has 2 amide bonds. The van der Waals surface area contributed by atoms with Gasteiger partial charge in [-0.3, -0.25) is 9.59 Å². The lowest BCUT2D eigenvalue weighted by Gasteiger charge is -2.39. The summed E-state index contributed by atoms with van der Waals surface area (Å²) in [6.45, 7) is 2.86. The standard InChI is InChI=1S/C28H28FN3O4/c1-19-7-6-10-23(13-19)27(34)26(22-11-12-30-24(29)15-22)31(2)25(33)14-21-16-32(17-21)28(35)36-18-20-8-4-3-5-9-20/h3-13,15,21,26H,14,16-18H2,1-2H3. The molecule has 1 aromatic heterocycles. The molecule has 0 N–H and O–H groups in total. The largest absolute Gasteiger partial charge is 0.445 e. The van der Waals surface area contributed by atoms with Crippen LogP contribution in [-0.4, -0.2) is 52.7 Å². The van der Waals surface area contributed by atoms with E-state index in [2.05, 4.69) is 4.98 Å². The Morgan fingerprint density at radius 2 is 1.83 bits per heavy atom. The summed E-state index contributed by atoms with van der Waals surface area (Å²) >= 11 is 0. The molecule has 2 aromatic carbocycles. The number of nitrogens with zero attached hydrogens (tertiary/aromatic N) is 3. The molecule has 2 heterocycles. The van der Waals surface area contributed by atoms with Crippen molar-refractivity contribution >= 4 is 17.8 Å². The van der Waals surface area contributed by atoms with Gasteiger partial charge >= 0.3 is 6.09 Å². The van der Waals surface area contributed by atoms with E-state index in [4.69, 9.17) is 4.74 Å². The number of ketones is 1. The number of aromatic nitrogens is 1. The normalized spacial score (nSPS) is 14.0. The molecule has 4 rings (SSSR count). The summed E-state index contributed by atoms with van der Waals surface area (Å²) < 4.78 is 19.2. The van der Waals surface area contributed by atoms with Gasteiger partial charge in [-0.2, -0.15) is 4.39 Å². The number of likely N-dealkylation sites (tertiary alicyclic amines) is 1. The van der Waals surface area contributed by atoms with E-state index in [0.29, 0.717) is 24.2 Å². The summed E-state index contributed by atoms with van der Waals surface area (Å²) in [6.07, 6.45) is 1.02. The first-order valence-corrected chi connectivity index (χ1v) is 11.8. The van der Waals surface area contributed by atoms with Crippen molar-refractivity contribution in [2.75, 3.05) is 20.1 Å². The van der Waals surface area contributed by atoms with Crippen molar-refractivity contribution in [3.63, 3.8) is 0 Å². The molecule has 0 aliphatic carbocycles. The van der Waals surface area contributed by atoms with E-state index in [1.54, 1.807) is 36.2 Å². The van der Waals surface area contributed by atoms with Crippen LogP contribution in [0.2, 0.25) is 0 Å². The van der Waals surface area contributed by atoms with Crippen molar-refractivity contribution in [3.8, 4) is 0 Å². The number of hydrogen-bond acceptors (Lipinski definition) is 5. The number of carbonyl (C=O) groups is 3. The van der Waals surface area contributed by atoms with Crippen LogP contribution in [-0.2, 0) is 16.1 Å². The quantitative estimate of drug-likeness (QED) is 0.342. The SMILES string of the molecule is Cc1cccc(C(=O)C(c2ccnc(F)c2)N(C)C(=O)CC2CN(C(=O)OCc3ccccc3)C2)c1. The highest BCUT2D eigenvalue weighted by atomic mass is 19.1. The smallest absolute Gasteiger partial charge is 0.410 e. The summed E-state index contributed by atoms with van der Waals surface area (Å²) in [5.41, 5.74) is 2.59. The van der Waals surface area contributed by atoms with Crippen LogP contribution in [0.25, 0.3) is 0 Å². The van der Waals surface area contributed by atoms with Gasteiger partial charge in [-0.25, -0.2) is 9.78 Å². The molecule has 0 saturated carbocycles. The molecule has 0 bridgehead atoms. The van der Waals surface area contributed by atoms with Crippen molar-refractivity contribution in [1.29, 1.82) is 0 Å². The van der Waals surface area contributed by atoms with Crippen LogP contribution < -0.4 is 0 Å². The first-order valence-electron chi connectivity index (χ1n) is 11.8. The first kappa shape index (κ1) is 25.0. The molecule has 3 aromatic rings. The van der Waals surface area contributed by atoms with Crippen molar-refractivity contribution in [2.45, 2.75) is 26.0 Å². The van der Waals surface area contributed by atoms with E-state index in [1.807, 2.05) is 43.3 Å². The Hall–Kier alpha value is -4.07. The lowest BCUT2D eigenvalue weighted by Crippen LogP contribution is -2.51. The van der Waals surface area contributed by atoms with E-state index in [9.17, 15) is 18.8 Å². The number of likely N-dealkylation sites (N-methyl/N-ethyl adjacent to an activating group) is 1. The molecule has 1 fully saturated rings. The fourth-order valence-electron chi connectivity index (χ4n) is 4.29. The lowest BCUT2D eigenvalue weighted by molar-refractivity contribution is -0.133. The fourth-order valence-corrected chi connectivity index (χ4v) is 4.29. The van der Waals surface area contributed by atoms with Crippen molar-refractivity contribution in [1.82, 2.24) is 14.8 Å². The number of halogens is 1. The second-order valence-electron chi connectivity index (χ2n) is 9.07. The molecule has 36 heavy (non-hydrogen) atoms. The van der Waals surface area contributed by atoms with Gasteiger partial charge in [0.15, 0.2) is 5.78 Å². The number of carbonyl (C=O) groups excluding carboxylic acids is 3. The van der Waals surface area contributed by atoms with Gasteiger partial charge in [0.1, 0.15) is 12.6 Å². The molecule has 1 unspecified atom stereocenters. The Labute approximate surface area is 209 Å². The summed E-state index contributed by atoms with van der Waals surface area (Å²) in [6, 6.07) is 18.2. The molecular formula is C28H28FN3O4. The first-order chi connectivity index (χ1) is 17.3. The van der Waals surface area contributed by atoms with Crippen LogP contribution in [0.3, 0.4) is 0 Å². The second-order valence-corrected chi connectivity index (χ2v) is 9.07. The number of amides is 2. The monoisotopic (exact) mass is 489 g/mol. The third-order valence-corrected chi connectivity index (χ3v) is 6.28. The summed E-state index contributed by atoms with van der Waals surface area (Å²) in [7, 11) is 1.55. The molecule has 1 saturated heterocycles. The summed E-state index contributed by atoms with van der Waals surface area (Å²) in [5, 5.41) is 0. The molecule has 186 valence electrons. The van der Waals surface area contributed by atoms with Gasteiger partial charge in [0.25, 0.3) is 0 Å². The maximum absolute atomic E-state index is 13.9. The molecule has 1 aliphatic rings. The Morgan fingerprint density at radius 3 is 2.53 bits per heavy atom. The van der Waals surface area contributed by atoms with Crippen LogP contribution in [0.15, 0.2) is 72.9 Å². The number of rotatable bonds is 8. The predicted molar refractivity (Wildman–Crippen MR) is 132 cm³/mol. The molecule has 1 atom stereocenters. The number of Topliss-reactive ketones (excluding diaryl/α,β-unsaturated/α-hetero) is 1. The minimum absolute atomic E-state index is 0.0480.